The molecule has 1 N–H and O–H groups in total. The molecule has 0 aliphatic rings. The average molecular weight is 358 g/mol. The summed E-state index contributed by atoms with van der Waals surface area (Å²) in [6.45, 7) is 2.46. The van der Waals surface area contributed by atoms with Gasteiger partial charge in [-0.15, -0.1) is 11.3 Å². The highest BCUT2D eigenvalue weighted by molar-refractivity contribution is 7.12. The standard InChI is InChI=1S/C19H16ClNO2S/c1-13-4-2-7-17(8-13)23-11-14-9-18(24-12-14)19(22)21-16-6-3-5-15(20)10-16/h2-10,12H,11H2,1H3,(H,21,22). The molecule has 0 aliphatic carbocycles. The molecule has 5 heteroatoms. The molecule has 24 heavy (non-hydrogen) atoms. The number of ether oxygens (including phenoxy) is 1. The van der Waals surface area contributed by atoms with E-state index in [2.05, 4.69) is 5.32 Å². The Kier molecular flexibility index (Phi) is 5.18. The van der Waals surface area contributed by atoms with Crippen LogP contribution in [0.4, 0.5) is 5.69 Å². The van der Waals surface area contributed by atoms with Crippen molar-refractivity contribution < 1.29 is 9.53 Å². The van der Waals surface area contributed by atoms with Gasteiger partial charge in [-0.05, 0) is 54.3 Å². The summed E-state index contributed by atoms with van der Waals surface area (Å²) in [4.78, 5) is 12.9. The zero-order chi connectivity index (χ0) is 16.9. The van der Waals surface area contributed by atoms with Crippen LogP contribution in [0.2, 0.25) is 5.02 Å². The first-order chi connectivity index (χ1) is 11.6. The van der Waals surface area contributed by atoms with Crippen molar-refractivity contribution in [1.29, 1.82) is 0 Å². The van der Waals surface area contributed by atoms with Crippen molar-refractivity contribution in [2.24, 2.45) is 0 Å². The van der Waals surface area contributed by atoms with E-state index < -0.39 is 0 Å². The van der Waals surface area contributed by atoms with Crippen LogP contribution in [-0.4, -0.2) is 5.91 Å². The molecule has 0 bridgehead atoms. The van der Waals surface area contributed by atoms with E-state index in [4.69, 9.17) is 16.3 Å². The number of anilines is 1. The summed E-state index contributed by atoms with van der Waals surface area (Å²) in [6, 6.07) is 16.8. The third-order valence-corrected chi connectivity index (χ3v) is 4.57. The molecule has 2 aromatic carbocycles. The number of carbonyl (C=O) groups is 1. The number of rotatable bonds is 5. The second-order valence-electron chi connectivity index (χ2n) is 5.39. The number of thiophene rings is 1. The Morgan fingerprint density at radius 1 is 1.17 bits per heavy atom. The van der Waals surface area contributed by atoms with E-state index in [1.807, 2.05) is 42.6 Å². The maximum atomic E-state index is 12.3. The largest absolute Gasteiger partial charge is 0.489 e. The number of aryl methyl sites for hydroxylation is 1. The van der Waals surface area contributed by atoms with E-state index in [0.717, 1.165) is 16.9 Å². The molecule has 3 aromatic rings. The smallest absolute Gasteiger partial charge is 0.265 e. The van der Waals surface area contributed by atoms with Gasteiger partial charge in [0, 0.05) is 16.3 Å². The molecule has 0 fully saturated rings. The SMILES string of the molecule is Cc1cccc(OCc2csc(C(=O)Nc3cccc(Cl)c3)c2)c1. The van der Waals surface area contributed by atoms with Crippen molar-refractivity contribution in [3.8, 4) is 5.75 Å². The second-order valence-corrected chi connectivity index (χ2v) is 6.74. The molecule has 3 nitrogen and oxygen atoms in total. The van der Waals surface area contributed by atoms with Crippen molar-refractivity contribution in [1.82, 2.24) is 0 Å². The van der Waals surface area contributed by atoms with Crippen molar-refractivity contribution >= 4 is 34.5 Å². The van der Waals surface area contributed by atoms with E-state index in [1.54, 1.807) is 24.3 Å². The zero-order valence-corrected chi connectivity index (χ0v) is 14.7. The highest BCUT2D eigenvalue weighted by Gasteiger charge is 2.10. The third-order valence-electron chi connectivity index (χ3n) is 3.36. The predicted octanol–water partition coefficient (Wildman–Crippen LogP) is 5.54. The molecule has 0 saturated carbocycles. The molecule has 0 unspecified atom stereocenters. The molecular formula is C19H16ClNO2S. The van der Waals surface area contributed by atoms with Gasteiger partial charge in [-0.25, -0.2) is 0 Å². The van der Waals surface area contributed by atoms with Gasteiger partial charge in [0.1, 0.15) is 12.4 Å². The first-order valence-electron chi connectivity index (χ1n) is 7.44. The van der Waals surface area contributed by atoms with Crippen molar-refractivity contribution in [2.45, 2.75) is 13.5 Å². The number of hydrogen-bond acceptors (Lipinski definition) is 3. The van der Waals surface area contributed by atoms with Crippen molar-refractivity contribution in [3.05, 3.63) is 81.0 Å². The second kappa shape index (κ2) is 7.51. The van der Waals surface area contributed by atoms with E-state index in [-0.39, 0.29) is 5.91 Å². The zero-order valence-electron chi connectivity index (χ0n) is 13.1. The number of halogens is 1. The normalized spacial score (nSPS) is 10.4. The van der Waals surface area contributed by atoms with Crippen LogP contribution in [0.3, 0.4) is 0 Å². The maximum Gasteiger partial charge on any atom is 0.265 e. The lowest BCUT2D eigenvalue weighted by Crippen LogP contribution is -2.10. The van der Waals surface area contributed by atoms with Gasteiger partial charge in [0.05, 0.1) is 4.88 Å². The molecule has 0 spiro atoms. The first-order valence-corrected chi connectivity index (χ1v) is 8.70. The van der Waals surface area contributed by atoms with Gasteiger partial charge in [-0.1, -0.05) is 29.8 Å². The lowest BCUT2D eigenvalue weighted by molar-refractivity contribution is 0.103. The maximum absolute atomic E-state index is 12.3. The van der Waals surface area contributed by atoms with Crippen LogP contribution in [0.15, 0.2) is 60.0 Å². The van der Waals surface area contributed by atoms with Gasteiger partial charge in [0.15, 0.2) is 0 Å². The average Bonchev–Trinajstić information content (AvgIpc) is 3.02. The van der Waals surface area contributed by atoms with Gasteiger partial charge in [-0.2, -0.15) is 0 Å². The number of hydrogen-bond donors (Lipinski definition) is 1. The molecule has 1 amide bonds. The van der Waals surface area contributed by atoms with Crippen LogP contribution >= 0.6 is 22.9 Å². The molecule has 0 aliphatic heterocycles. The molecule has 1 aromatic heterocycles. The van der Waals surface area contributed by atoms with Crippen LogP contribution in [-0.2, 0) is 6.61 Å². The van der Waals surface area contributed by atoms with Crippen LogP contribution in [0.5, 0.6) is 5.75 Å². The molecule has 0 radical (unpaired) electrons. The monoisotopic (exact) mass is 357 g/mol. The van der Waals surface area contributed by atoms with E-state index in [0.29, 0.717) is 22.2 Å². The lowest BCUT2D eigenvalue weighted by atomic mass is 10.2. The Balaban J connectivity index is 1.61. The fourth-order valence-electron chi connectivity index (χ4n) is 2.20. The fourth-order valence-corrected chi connectivity index (χ4v) is 3.18. The van der Waals surface area contributed by atoms with Crippen LogP contribution in [0, 0.1) is 6.92 Å². The van der Waals surface area contributed by atoms with Gasteiger partial charge < -0.3 is 10.1 Å². The summed E-state index contributed by atoms with van der Waals surface area (Å²) in [7, 11) is 0. The number of nitrogens with one attached hydrogen (secondary N) is 1. The topological polar surface area (TPSA) is 38.3 Å². The predicted molar refractivity (Wildman–Crippen MR) is 99.2 cm³/mol. The molecular weight excluding hydrogens is 342 g/mol. The minimum absolute atomic E-state index is 0.149. The molecule has 0 saturated heterocycles. The quantitative estimate of drug-likeness (QED) is 0.650. The molecule has 0 atom stereocenters. The molecule has 3 rings (SSSR count). The Morgan fingerprint density at radius 2 is 2.00 bits per heavy atom. The van der Waals surface area contributed by atoms with Gasteiger partial charge in [-0.3, -0.25) is 4.79 Å². The first kappa shape index (κ1) is 16.6. The summed E-state index contributed by atoms with van der Waals surface area (Å²) in [6.07, 6.45) is 0. The summed E-state index contributed by atoms with van der Waals surface area (Å²) < 4.78 is 5.76. The minimum Gasteiger partial charge on any atom is -0.489 e. The highest BCUT2D eigenvalue weighted by Crippen LogP contribution is 2.21. The van der Waals surface area contributed by atoms with Gasteiger partial charge in [0.25, 0.3) is 5.91 Å². The summed E-state index contributed by atoms with van der Waals surface area (Å²) in [5.41, 5.74) is 2.80. The minimum atomic E-state index is -0.149. The van der Waals surface area contributed by atoms with Crippen LogP contribution in [0.25, 0.3) is 0 Å². The van der Waals surface area contributed by atoms with E-state index in [9.17, 15) is 4.79 Å². The van der Waals surface area contributed by atoms with Crippen molar-refractivity contribution in [2.75, 3.05) is 5.32 Å². The van der Waals surface area contributed by atoms with Crippen LogP contribution in [0.1, 0.15) is 20.8 Å². The number of carbonyl (C=O) groups excluding carboxylic acids is 1. The number of amides is 1. The van der Waals surface area contributed by atoms with E-state index >= 15 is 0 Å². The molecule has 122 valence electrons. The van der Waals surface area contributed by atoms with Gasteiger partial charge in [0.2, 0.25) is 0 Å². The Morgan fingerprint density at radius 3 is 2.79 bits per heavy atom. The summed E-state index contributed by atoms with van der Waals surface area (Å²) in [5, 5.41) is 5.36. The van der Waals surface area contributed by atoms with E-state index in [1.165, 1.54) is 11.3 Å². The lowest BCUT2D eigenvalue weighted by Gasteiger charge is -2.05. The van der Waals surface area contributed by atoms with Gasteiger partial charge >= 0.3 is 0 Å². The Labute approximate surface area is 149 Å². The van der Waals surface area contributed by atoms with Crippen molar-refractivity contribution in [3.63, 3.8) is 0 Å². The number of benzene rings is 2. The summed E-state index contributed by atoms with van der Waals surface area (Å²) in [5.74, 6) is 0.676. The molecule has 1 heterocycles. The Bertz CT molecular complexity index is 860. The fraction of sp³-hybridized carbons (Fsp3) is 0.105. The summed E-state index contributed by atoms with van der Waals surface area (Å²) >= 11 is 7.32. The highest BCUT2D eigenvalue weighted by atomic mass is 35.5. The van der Waals surface area contributed by atoms with Crippen LogP contribution < -0.4 is 10.1 Å². The third kappa shape index (κ3) is 4.37. The Hall–Kier alpha value is -2.30.